The van der Waals surface area contributed by atoms with Crippen molar-refractivity contribution < 1.29 is 4.79 Å². The Bertz CT molecular complexity index is 1180. The maximum absolute atomic E-state index is 12.8. The number of aryl methyl sites for hydroxylation is 1. The van der Waals surface area contributed by atoms with E-state index in [2.05, 4.69) is 29.9 Å². The number of anilines is 1. The molecule has 4 aromatic rings. The molecule has 0 atom stereocenters. The Kier molecular flexibility index (Phi) is 4.83. The van der Waals surface area contributed by atoms with E-state index in [9.17, 15) is 4.79 Å². The number of hydrogen-bond acceptors (Lipinski definition) is 8. The van der Waals surface area contributed by atoms with Gasteiger partial charge in [-0.3, -0.25) is 9.78 Å². The van der Waals surface area contributed by atoms with Gasteiger partial charge in [-0.2, -0.15) is 14.6 Å². The topological polar surface area (TPSA) is 92.4 Å². The molecule has 9 nitrogen and oxygen atoms in total. The van der Waals surface area contributed by atoms with Crippen LogP contribution in [0.5, 0.6) is 0 Å². The fraction of sp³-hybridized carbons (Fsp3) is 0.300. The van der Waals surface area contributed by atoms with Gasteiger partial charge in [0.1, 0.15) is 17.2 Å². The molecule has 10 heteroatoms. The zero-order valence-corrected chi connectivity index (χ0v) is 17.3. The molecule has 1 fully saturated rings. The maximum atomic E-state index is 12.8. The lowest BCUT2D eigenvalue weighted by Crippen LogP contribution is -2.49. The molecule has 0 aliphatic carbocycles. The van der Waals surface area contributed by atoms with Gasteiger partial charge in [0, 0.05) is 49.5 Å². The second-order valence-electron chi connectivity index (χ2n) is 7.13. The molecule has 0 unspecified atom stereocenters. The van der Waals surface area contributed by atoms with Crippen LogP contribution in [0.1, 0.15) is 11.4 Å². The Balaban J connectivity index is 1.23. The van der Waals surface area contributed by atoms with Crippen molar-refractivity contribution in [3.63, 3.8) is 0 Å². The third-order valence-electron chi connectivity index (χ3n) is 5.09. The van der Waals surface area contributed by atoms with Crippen LogP contribution in [0.4, 0.5) is 5.82 Å². The highest BCUT2D eigenvalue weighted by Crippen LogP contribution is 2.22. The number of rotatable bonds is 4. The van der Waals surface area contributed by atoms with E-state index in [4.69, 9.17) is 0 Å². The highest BCUT2D eigenvalue weighted by molar-refractivity contribution is 7.13. The van der Waals surface area contributed by atoms with Crippen molar-refractivity contribution in [2.75, 3.05) is 31.1 Å². The van der Waals surface area contributed by atoms with Crippen molar-refractivity contribution >= 4 is 28.8 Å². The van der Waals surface area contributed by atoms with E-state index >= 15 is 0 Å². The molecule has 0 N–H and O–H groups in total. The number of carbonyl (C=O) groups is 1. The number of amides is 1. The minimum atomic E-state index is 0.101. The SMILES string of the molecule is Cc1cc(N2CCN(C(=O)Cc3csc(-c4ccccn4)n3)CC2)n2ncnc2n1. The molecule has 0 aromatic carbocycles. The number of piperazine rings is 1. The van der Waals surface area contributed by atoms with Crippen LogP contribution in [-0.4, -0.2) is 66.5 Å². The molecular weight excluding hydrogens is 400 g/mol. The van der Waals surface area contributed by atoms with E-state index in [0.717, 1.165) is 41.0 Å². The summed E-state index contributed by atoms with van der Waals surface area (Å²) in [5.41, 5.74) is 2.53. The third-order valence-corrected chi connectivity index (χ3v) is 6.00. The highest BCUT2D eigenvalue weighted by atomic mass is 32.1. The number of pyridine rings is 1. The number of carbonyl (C=O) groups excluding carboxylic acids is 1. The largest absolute Gasteiger partial charge is 0.353 e. The van der Waals surface area contributed by atoms with Crippen LogP contribution in [0.25, 0.3) is 16.5 Å². The van der Waals surface area contributed by atoms with E-state index in [-0.39, 0.29) is 5.91 Å². The molecule has 30 heavy (non-hydrogen) atoms. The number of aromatic nitrogens is 6. The number of hydrogen-bond donors (Lipinski definition) is 0. The molecule has 0 bridgehead atoms. The molecule has 0 radical (unpaired) electrons. The lowest BCUT2D eigenvalue weighted by atomic mass is 10.2. The standard InChI is InChI=1S/C20H20N8OS/c1-14-10-17(28-20(24-14)22-13-23-28)26-6-8-27(9-7-26)18(29)11-15-12-30-19(25-15)16-4-2-3-5-21-16/h2-5,10,12-13H,6-9,11H2,1H3. The predicted molar refractivity (Wildman–Crippen MR) is 113 cm³/mol. The van der Waals surface area contributed by atoms with Crippen LogP contribution in [0.15, 0.2) is 42.2 Å². The normalized spacial score (nSPS) is 14.4. The Hall–Kier alpha value is -3.40. The van der Waals surface area contributed by atoms with Crippen LogP contribution >= 0.6 is 11.3 Å². The second-order valence-corrected chi connectivity index (χ2v) is 7.99. The monoisotopic (exact) mass is 420 g/mol. The van der Waals surface area contributed by atoms with Crippen LogP contribution < -0.4 is 4.90 Å². The predicted octanol–water partition coefficient (Wildman–Crippen LogP) is 1.84. The molecule has 0 spiro atoms. The first-order valence-electron chi connectivity index (χ1n) is 9.73. The first-order chi connectivity index (χ1) is 14.7. The van der Waals surface area contributed by atoms with Crippen molar-refractivity contribution in [2.24, 2.45) is 0 Å². The molecule has 0 saturated carbocycles. The first kappa shape index (κ1) is 18.6. The average molecular weight is 421 g/mol. The smallest absolute Gasteiger partial charge is 0.254 e. The Morgan fingerprint density at radius 1 is 1.13 bits per heavy atom. The minimum Gasteiger partial charge on any atom is -0.353 e. The van der Waals surface area contributed by atoms with Gasteiger partial charge in [0.05, 0.1) is 17.8 Å². The van der Waals surface area contributed by atoms with Crippen molar-refractivity contribution in [3.8, 4) is 10.7 Å². The van der Waals surface area contributed by atoms with Crippen LogP contribution in [-0.2, 0) is 11.2 Å². The van der Waals surface area contributed by atoms with Gasteiger partial charge >= 0.3 is 0 Å². The fourth-order valence-electron chi connectivity index (χ4n) is 3.58. The van der Waals surface area contributed by atoms with Crippen LogP contribution in [0.2, 0.25) is 0 Å². The van der Waals surface area contributed by atoms with E-state index in [0.29, 0.717) is 25.3 Å². The molecule has 1 amide bonds. The van der Waals surface area contributed by atoms with Gasteiger partial charge in [0.15, 0.2) is 0 Å². The molecular formula is C20H20N8OS. The number of thiazole rings is 1. The summed E-state index contributed by atoms with van der Waals surface area (Å²) in [6, 6.07) is 7.75. The fourth-order valence-corrected chi connectivity index (χ4v) is 4.38. The summed E-state index contributed by atoms with van der Waals surface area (Å²) in [6.07, 6.45) is 3.57. The first-order valence-corrected chi connectivity index (χ1v) is 10.6. The van der Waals surface area contributed by atoms with E-state index < -0.39 is 0 Å². The molecule has 1 aliphatic heterocycles. The van der Waals surface area contributed by atoms with Gasteiger partial charge in [-0.25, -0.2) is 9.97 Å². The second kappa shape index (κ2) is 7.79. The van der Waals surface area contributed by atoms with Crippen molar-refractivity contribution in [1.29, 1.82) is 0 Å². The summed E-state index contributed by atoms with van der Waals surface area (Å²) in [7, 11) is 0. The molecule has 152 valence electrons. The van der Waals surface area contributed by atoms with Gasteiger partial charge in [0.2, 0.25) is 5.91 Å². The van der Waals surface area contributed by atoms with Crippen molar-refractivity contribution in [1.82, 2.24) is 34.4 Å². The number of nitrogens with zero attached hydrogens (tertiary/aromatic N) is 8. The Morgan fingerprint density at radius 2 is 2.00 bits per heavy atom. The zero-order valence-electron chi connectivity index (χ0n) is 16.5. The summed E-state index contributed by atoms with van der Waals surface area (Å²) in [5.74, 6) is 1.65. The molecule has 1 aliphatic rings. The molecule has 5 heterocycles. The van der Waals surface area contributed by atoms with Gasteiger partial charge in [-0.1, -0.05) is 6.07 Å². The Labute approximate surface area is 177 Å². The zero-order chi connectivity index (χ0) is 20.5. The average Bonchev–Trinajstić information content (AvgIpc) is 3.43. The number of fused-ring (bicyclic) bond motifs is 1. The lowest BCUT2D eigenvalue weighted by molar-refractivity contribution is -0.130. The van der Waals surface area contributed by atoms with Gasteiger partial charge in [-0.05, 0) is 19.1 Å². The van der Waals surface area contributed by atoms with Crippen LogP contribution in [0.3, 0.4) is 0 Å². The van der Waals surface area contributed by atoms with Gasteiger partial charge in [0.25, 0.3) is 5.78 Å². The van der Waals surface area contributed by atoms with Crippen molar-refractivity contribution in [3.05, 3.63) is 53.6 Å². The van der Waals surface area contributed by atoms with E-state index in [1.807, 2.05) is 41.5 Å². The lowest BCUT2D eigenvalue weighted by Gasteiger charge is -2.36. The summed E-state index contributed by atoms with van der Waals surface area (Å²) in [5, 5.41) is 7.07. The van der Waals surface area contributed by atoms with E-state index in [1.165, 1.54) is 17.7 Å². The van der Waals surface area contributed by atoms with Gasteiger partial charge in [-0.15, -0.1) is 11.3 Å². The summed E-state index contributed by atoms with van der Waals surface area (Å²) in [4.78, 5) is 34.4. The quantitative estimate of drug-likeness (QED) is 0.497. The summed E-state index contributed by atoms with van der Waals surface area (Å²) in [6.45, 7) is 4.74. The summed E-state index contributed by atoms with van der Waals surface area (Å²) < 4.78 is 1.75. The molecule has 5 rings (SSSR count). The summed E-state index contributed by atoms with van der Waals surface area (Å²) >= 11 is 1.52. The van der Waals surface area contributed by atoms with Gasteiger partial charge < -0.3 is 9.80 Å². The minimum absolute atomic E-state index is 0.101. The van der Waals surface area contributed by atoms with Crippen LogP contribution in [0, 0.1) is 6.92 Å². The Morgan fingerprint density at radius 3 is 2.80 bits per heavy atom. The molecule has 4 aromatic heterocycles. The van der Waals surface area contributed by atoms with Crippen molar-refractivity contribution in [2.45, 2.75) is 13.3 Å². The molecule has 1 saturated heterocycles. The van der Waals surface area contributed by atoms with E-state index in [1.54, 1.807) is 10.7 Å². The third kappa shape index (κ3) is 3.61. The highest BCUT2D eigenvalue weighted by Gasteiger charge is 2.24. The maximum Gasteiger partial charge on any atom is 0.254 e.